The number of hydrogen-bond acceptors (Lipinski definition) is 5. The first kappa shape index (κ1) is 24.0. The first-order valence-electron chi connectivity index (χ1n) is 12.9. The number of unbranched alkanes of at least 4 members (excludes halogenated alkanes) is 1. The summed E-state index contributed by atoms with van der Waals surface area (Å²) in [5.74, 6) is 1.34. The molecule has 2 unspecified atom stereocenters. The summed E-state index contributed by atoms with van der Waals surface area (Å²) in [6.07, 6.45) is 6.97. The molecule has 4 aromatic rings. The van der Waals surface area contributed by atoms with Gasteiger partial charge in [0.15, 0.2) is 0 Å². The molecular weight excluding hydrogens is 456 g/mol. The monoisotopic (exact) mass is 490 g/mol. The molecule has 35 heavy (non-hydrogen) atoms. The van der Waals surface area contributed by atoms with Crippen molar-refractivity contribution in [2.75, 3.05) is 6.61 Å². The second kappa shape index (κ2) is 10.5. The molecule has 2 atom stereocenters. The molecule has 0 amide bonds. The molecule has 0 spiro atoms. The summed E-state index contributed by atoms with van der Waals surface area (Å²) < 4.78 is 8.56. The van der Waals surface area contributed by atoms with E-state index in [1.165, 1.54) is 16.9 Å². The van der Waals surface area contributed by atoms with E-state index in [2.05, 4.69) is 32.0 Å². The number of benzene rings is 2. The van der Waals surface area contributed by atoms with E-state index < -0.39 is 0 Å². The molecule has 1 aliphatic heterocycles. The molecular formula is C29H34N2O3S. The van der Waals surface area contributed by atoms with Crippen LogP contribution in [0.25, 0.3) is 20.3 Å². The Morgan fingerprint density at radius 3 is 2.74 bits per heavy atom. The highest BCUT2D eigenvalue weighted by Gasteiger charge is 2.25. The number of hydrogen-bond donors (Lipinski definition) is 1. The van der Waals surface area contributed by atoms with Crippen LogP contribution in [0.4, 0.5) is 0 Å². The van der Waals surface area contributed by atoms with Crippen molar-refractivity contribution in [3.05, 3.63) is 69.8 Å². The lowest BCUT2D eigenvalue weighted by atomic mass is 9.97. The van der Waals surface area contributed by atoms with Gasteiger partial charge in [-0.15, -0.1) is 11.3 Å². The minimum absolute atomic E-state index is 0.00189. The second-order valence-electron chi connectivity index (χ2n) is 9.70. The zero-order valence-electron chi connectivity index (χ0n) is 20.6. The van der Waals surface area contributed by atoms with Crippen LogP contribution in [-0.2, 0) is 17.7 Å². The van der Waals surface area contributed by atoms with Gasteiger partial charge in [0.1, 0.15) is 16.4 Å². The van der Waals surface area contributed by atoms with E-state index in [-0.39, 0.29) is 23.3 Å². The van der Waals surface area contributed by atoms with Crippen LogP contribution < -0.4 is 5.56 Å². The summed E-state index contributed by atoms with van der Waals surface area (Å²) in [6, 6.07) is 14.1. The molecule has 5 rings (SSSR count). The zero-order valence-corrected chi connectivity index (χ0v) is 21.4. The van der Waals surface area contributed by atoms with Crippen LogP contribution >= 0.6 is 11.3 Å². The Morgan fingerprint density at radius 2 is 2.03 bits per heavy atom. The van der Waals surface area contributed by atoms with Gasteiger partial charge in [-0.2, -0.15) is 0 Å². The zero-order chi connectivity index (χ0) is 24.4. The lowest BCUT2D eigenvalue weighted by molar-refractivity contribution is 0.0948. The maximum Gasteiger partial charge on any atom is 0.263 e. The quantitative estimate of drug-likeness (QED) is 0.281. The molecule has 1 saturated heterocycles. The second-order valence-corrected chi connectivity index (χ2v) is 10.7. The minimum Gasteiger partial charge on any atom is -0.506 e. The van der Waals surface area contributed by atoms with Crippen LogP contribution in [0, 0.1) is 0 Å². The van der Waals surface area contributed by atoms with Crippen molar-refractivity contribution >= 4 is 31.6 Å². The molecule has 2 aromatic heterocycles. The summed E-state index contributed by atoms with van der Waals surface area (Å²) in [7, 11) is 0. The van der Waals surface area contributed by atoms with E-state index in [1.807, 2.05) is 28.8 Å². The predicted octanol–water partition coefficient (Wildman–Crippen LogP) is 6.77. The first-order chi connectivity index (χ1) is 17.1. The molecule has 0 bridgehead atoms. The molecule has 184 valence electrons. The van der Waals surface area contributed by atoms with Crippen LogP contribution in [0.15, 0.2) is 47.3 Å². The van der Waals surface area contributed by atoms with Crippen molar-refractivity contribution in [2.45, 2.75) is 77.4 Å². The van der Waals surface area contributed by atoms with Gasteiger partial charge in [-0.25, -0.2) is 4.98 Å². The van der Waals surface area contributed by atoms with Crippen LogP contribution in [0.1, 0.15) is 75.2 Å². The van der Waals surface area contributed by atoms with Crippen molar-refractivity contribution in [1.29, 1.82) is 0 Å². The number of phenolic OH excluding ortho intramolecular Hbond substituents is 1. The van der Waals surface area contributed by atoms with Gasteiger partial charge in [-0.3, -0.25) is 9.36 Å². The summed E-state index contributed by atoms with van der Waals surface area (Å²) >= 11 is 1.43. The average Bonchev–Trinajstić information content (AvgIpc) is 3.50. The third-order valence-corrected chi connectivity index (χ3v) is 8.31. The Hall–Kier alpha value is -2.70. The fourth-order valence-electron chi connectivity index (χ4n) is 5.30. The molecule has 1 aliphatic rings. The van der Waals surface area contributed by atoms with Crippen molar-refractivity contribution in [3.8, 4) is 5.75 Å². The maximum atomic E-state index is 14.1. The smallest absolute Gasteiger partial charge is 0.263 e. The third-order valence-electron chi connectivity index (χ3n) is 7.19. The molecule has 0 aliphatic carbocycles. The maximum absolute atomic E-state index is 14.1. The number of rotatable bonds is 9. The molecule has 2 aromatic carbocycles. The summed E-state index contributed by atoms with van der Waals surface area (Å²) in [4.78, 5) is 19.9. The summed E-state index contributed by atoms with van der Waals surface area (Å²) in [6.45, 7) is 5.69. The Kier molecular flexibility index (Phi) is 7.21. The SMILES string of the molecule is CCCCC(CC)c1nc2sc3c(O)cc(Cc4ccccc4)cc3c2c(=O)n1CC1CCCO1. The molecule has 0 radical (unpaired) electrons. The molecule has 1 fully saturated rings. The van der Waals surface area contributed by atoms with Crippen LogP contribution in [0.3, 0.4) is 0 Å². The third kappa shape index (κ3) is 4.87. The van der Waals surface area contributed by atoms with E-state index in [0.29, 0.717) is 18.4 Å². The van der Waals surface area contributed by atoms with Gasteiger partial charge in [0.05, 0.1) is 22.7 Å². The van der Waals surface area contributed by atoms with Crippen LogP contribution in [-0.4, -0.2) is 27.4 Å². The van der Waals surface area contributed by atoms with E-state index in [1.54, 1.807) is 0 Å². The fourth-order valence-corrected chi connectivity index (χ4v) is 6.36. The highest BCUT2D eigenvalue weighted by molar-refractivity contribution is 7.25. The lowest BCUT2D eigenvalue weighted by Gasteiger charge is -2.21. The first-order valence-corrected chi connectivity index (χ1v) is 13.7. The van der Waals surface area contributed by atoms with Gasteiger partial charge < -0.3 is 9.84 Å². The van der Waals surface area contributed by atoms with Crippen molar-refractivity contribution in [3.63, 3.8) is 0 Å². The Morgan fingerprint density at radius 1 is 1.20 bits per heavy atom. The number of aromatic nitrogens is 2. The lowest BCUT2D eigenvalue weighted by Crippen LogP contribution is -2.31. The highest BCUT2D eigenvalue weighted by Crippen LogP contribution is 2.39. The highest BCUT2D eigenvalue weighted by atomic mass is 32.1. The van der Waals surface area contributed by atoms with Crippen molar-refractivity contribution in [2.24, 2.45) is 0 Å². The summed E-state index contributed by atoms with van der Waals surface area (Å²) in [5.41, 5.74) is 2.16. The van der Waals surface area contributed by atoms with Gasteiger partial charge in [-0.1, -0.05) is 57.0 Å². The Balaban J connectivity index is 1.67. The number of nitrogens with zero attached hydrogens (tertiary/aromatic N) is 2. The molecule has 1 N–H and O–H groups in total. The number of phenols is 1. The van der Waals surface area contributed by atoms with E-state index in [4.69, 9.17) is 9.72 Å². The van der Waals surface area contributed by atoms with Crippen molar-refractivity contribution < 1.29 is 9.84 Å². The fraction of sp³-hybridized carbons (Fsp3) is 0.448. The molecule has 0 saturated carbocycles. The van der Waals surface area contributed by atoms with Crippen molar-refractivity contribution in [1.82, 2.24) is 9.55 Å². The standard InChI is InChI=1S/C29H34N2O3S/c1-3-5-12-21(4-2)27-30-28-25(29(33)31(27)18-22-13-9-14-34-22)23-16-20(17-24(32)26(23)35-28)15-19-10-7-6-8-11-19/h6-8,10-11,16-17,21-22,32H,3-5,9,12-15,18H2,1-2H3. The topological polar surface area (TPSA) is 64.4 Å². The van der Waals surface area contributed by atoms with Gasteiger partial charge in [0.2, 0.25) is 0 Å². The van der Waals surface area contributed by atoms with E-state index in [9.17, 15) is 9.90 Å². The Bertz CT molecular complexity index is 1370. The van der Waals surface area contributed by atoms with Crippen LogP contribution in [0.2, 0.25) is 0 Å². The summed E-state index contributed by atoms with van der Waals surface area (Å²) in [5, 5.41) is 12.4. The molecule has 6 heteroatoms. The number of fused-ring (bicyclic) bond motifs is 3. The van der Waals surface area contributed by atoms with Gasteiger partial charge in [0, 0.05) is 17.9 Å². The van der Waals surface area contributed by atoms with Gasteiger partial charge >= 0.3 is 0 Å². The number of aromatic hydroxyl groups is 1. The van der Waals surface area contributed by atoms with Gasteiger partial charge in [-0.05, 0) is 55.4 Å². The van der Waals surface area contributed by atoms with E-state index in [0.717, 1.165) is 71.4 Å². The average molecular weight is 491 g/mol. The molecule has 3 heterocycles. The Labute approximate surface area is 210 Å². The number of thiophene rings is 1. The largest absolute Gasteiger partial charge is 0.506 e. The normalized spacial score (nSPS) is 16.9. The molecule has 5 nitrogen and oxygen atoms in total. The number of ether oxygens (including phenoxy) is 1. The minimum atomic E-state index is -0.00189. The van der Waals surface area contributed by atoms with E-state index >= 15 is 0 Å². The predicted molar refractivity (Wildman–Crippen MR) is 144 cm³/mol. The van der Waals surface area contributed by atoms with Crippen LogP contribution in [0.5, 0.6) is 5.75 Å². The van der Waals surface area contributed by atoms with Gasteiger partial charge in [0.25, 0.3) is 5.56 Å².